The Labute approximate surface area is 77.0 Å². The number of anilines is 1. The fraction of sp³-hybridized carbons (Fsp3) is 0.100. The maximum absolute atomic E-state index is 5.07. The van der Waals surface area contributed by atoms with E-state index in [2.05, 4.69) is 22.6 Å². The lowest BCUT2D eigenvalue weighted by Crippen LogP contribution is -2.21. The lowest BCUT2D eigenvalue weighted by atomic mass is 10.1. The summed E-state index contributed by atoms with van der Waals surface area (Å²) in [5.74, 6) is 5.07. The van der Waals surface area contributed by atoms with Gasteiger partial charge in [0.15, 0.2) is 0 Å². The third kappa shape index (κ3) is 1.54. The predicted molar refractivity (Wildman–Crippen MR) is 55.6 cm³/mol. The Bertz CT molecular complexity index is 355. The highest BCUT2D eigenvalue weighted by Crippen LogP contribution is 2.21. The van der Waals surface area contributed by atoms with E-state index in [0.717, 1.165) is 5.69 Å². The summed E-state index contributed by atoms with van der Waals surface area (Å²) < 4.78 is 0. The van der Waals surface area contributed by atoms with E-state index in [1.165, 1.54) is 5.56 Å². The molecule has 0 radical (unpaired) electrons. The second-order valence-electron chi connectivity index (χ2n) is 2.91. The summed E-state index contributed by atoms with van der Waals surface area (Å²) in [6, 6.07) is 8.23. The Morgan fingerprint density at radius 1 is 1.38 bits per heavy atom. The summed E-state index contributed by atoms with van der Waals surface area (Å²) in [7, 11) is 0. The molecule has 3 heteroatoms. The molecular weight excluding hydrogens is 162 g/mol. The topological polar surface area (TPSA) is 50.4 Å². The fourth-order valence-electron chi connectivity index (χ4n) is 1.39. The van der Waals surface area contributed by atoms with E-state index in [1.54, 1.807) is 6.21 Å². The summed E-state index contributed by atoms with van der Waals surface area (Å²) in [4.78, 5) is 0. The number of benzene rings is 1. The van der Waals surface area contributed by atoms with Gasteiger partial charge in [0.25, 0.3) is 0 Å². The summed E-state index contributed by atoms with van der Waals surface area (Å²) in [5, 5.41) is 6.78. The highest BCUT2D eigenvalue weighted by Gasteiger charge is 2.08. The van der Waals surface area contributed by atoms with Crippen LogP contribution in [0.1, 0.15) is 5.56 Å². The zero-order valence-electron chi connectivity index (χ0n) is 7.14. The van der Waals surface area contributed by atoms with Gasteiger partial charge in [0.05, 0.1) is 12.3 Å². The average molecular weight is 173 g/mol. The number of rotatable bonds is 1. The van der Waals surface area contributed by atoms with Crippen molar-refractivity contribution in [3.05, 3.63) is 35.9 Å². The first-order valence-electron chi connectivity index (χ1n) is 4.17. The minimum atomic E-state index is 0.111. The van der Waals surface area contributed by atoms with Crippen molar-refractivity contribution in [3.63, 3.8) is 0 Å². The average Bonchev–Trinajstić information content (AvgIpc) is 2.18. The van der Waals surface area contributed by atoms with Crippen molar-refractivity contribution in [2.24, 2.45) is 10.9 Å². The van der Waals surface area contributed by atoms with E-state index >= 15 is 0 Å². The first-order valence-corrected chi connectivity index (χ1v) is 4.17. The molecule has 0 spiro atoms. The minimum Gasteiger partial charge on any atom is -0.373 e. The summed E-state index contributed by atoms with van der Waals surface area (Å²) >= 11 is 0. The van der Waals surface area contributed by atoms with Crippen LogP contribution in [0.4, 0.5) is 5.69 Å². The van der Waals surface area contributed by atoms with E-state index < -0.39 is 0 Å². The van der Waals surface area contributed by atoms with Crippen molar-refractivity contribution in [3.8, 4) is 0 Å². The molecule has 1 aromatic rings. The van der Waals surface area contributed by atoms with Crippen LogP contribution in [0.15, 0.2) is 35.4 Å². The van der Waals surface area contributed by atoms with Crippen LogP contribution in [-0.4, -0.2) is 12.3 Å². The molecule has 0 saturated heterocycles. The largest absolute Gasteiger partial charge is 0.373 e. The lowest BCUT2D eigenvalue weighted by Gasteiger charge is -2.18. The third-order valence-corrected chi connectivity index (χ3v) is 2.01. The number of para-hydroxylation sites is 1. The van der Waals surface area contributed by atoms with Gasteiger partial charge in [-0.1, -0.05) is 30.4 Å². The molecular formula is C10H11N3. The van der Waals surface area contributed by atoms with Crippen LogP contribution < -0.4 is 11.2 Å². The van der Waals surface area contributed by atoms with Crippen molar-refractivity contribution in [2.45, 2.75) is 6.04 Å². The van der Waals surface area contributed by atoms with E-state index in [1.807, 2.05) is 24.3 Å². The Morgan fingerprint density at radius 3 is 3.08 bits per heavy atom. The first kappa shape index (κ1) is 7.86. The molecule has 0 fully saturated rings. The highest BCUT2D eigenvalue weighted by molar-refractivity contribution is 5.81. The number of fused-ring (bicyclic) bond motifs is 1. The van der Waals surface area contributed by atoms with Gasteiger partial charge in [-0.3, -0.25) is 0 Å². The predicted octanol–water partition coefficient (Wildman–Crippen LogP) is 1.44. The molecule has 66 valence electrons. The number of nitrogens with one attached hydrogen (secondary N) is 1. The summed E-state index contributed by atoms with van der Waals surface area (Å²) in [6.07, 6.45) is 5.77. The number of hydrogen-bond donors (Lipinski definition) is 2. The molecule has 1 heterocycles. The zero-order valence-corrected chi connectivity index (χ0v) is 7.14. The lowest BCUT2D eigenvalue weighted by molar-refractivity contribution is 1.14. The van der Waals surface area contributed by atoms with Gasteiger partial charge < -0.3 is 11.2 Å². The van der Waals surface area contributed by atoms with Gasteiger partial charge in [-0.25, -0.2) is 0 Å². The number of nitrogens with two attached hydrogens (primary N) is 1. The molecule has 0 aromatic heterocycles. The Balaban J connectivity index is 2.29. The number of nitrogens with zero attached hydrogens (tertiary/aromatic N) is 1. The van der Waals surface area contributed by atoms with Crippen molar-refractivity contribution in [1.82, 2.24) is 0 Å². The quantitative estimate of drug-likeness (QED) is 0.383. The molecule has 0 amide bonds. The zero-order chi connectivity index (χ0) is 9.10. The van der Waals surface area contributed by atoms with Gasteiger partial charge >= 0.3 is 0 Å². The molecule has 1 aliphatic heterocycles. The van der Waals surface area contributed by atoms with E-state index in [-0.39, 0.29) is 6.04 Å². The van der Waals surface area contributed by atoms with Crippen LogP contribution in [0.3, 0.4) is 0 Å². The van der Waals surface area contributed by atoms with Gasteiger partial charge in [-0.05, 0) is 11.6 Å². The van der Waals surface area contributed by atoms with E-state index in [4.69, 9.17) is 5.84 Å². The van der Waals surface area contributed by atoms with Crippen molar-refractivity contribution in [1.29, 1.82) is 0 Å². The monoisotopic (exact) mass is 173 g/mol. The Hall–Kier alpha value is -1.77. The van der Waals surface area contributed by atoms with Crippen LogP contribution in [0.5, 0.6) is 0 Å². The van der Waals surface area contributed by atoms with Crippen LogP contribution in [0.25, 0.3) is 6.08 Å². The van der Waals surface area contributed by atoms with Gasteiger partial charge in [0.2, 0.25) is 0 Å². The standard InChI is InChI=1S/C10H11N3/c11-12-7-9-6-5-8-3-1-2-4-10(8)13-9/h1-7,9,13H,11H2/b12-7+. The van der Waals surface area contributed by atoms with Crippen LogP contribution in [0.2, 0.25) is 0 Å². The maximum atomic E-state index is 5.07. The second kappa shape index (κ2) is 3.31. The Morgan fingerprint density at radius 2 is 2.23 bits per heavy atom. The molecule has 1 atom stereocenters. The molecule has 0 bridgehead atoms. The summed E-state index contributed by atoms with van der Waals surface area (Å²) in [5.41, 5.74) is 2.32. The van der Waals surface area contributed by atoms with Crippen LogP contribution >= 0.6 is 0 Å². The molecule has 0 saturated carbocycles. The van der Waals surface area contributed by atoms with Crippen LogP contribution in [-0.2, 0) is 0 Å². The molecule has 1 aromatic carbocycles. The second-order valence-corrected chi connectivity index (χ2v) is 2.91. The fourth-order valence-corrected chi connectivity index (χ4v) is 1.39. The molecule has 1 aliphatic rings. The first-order chi connectivity index (χ1) is 6.40. The van der Waals surface area contributed by atoms with Crippen molar-refractivity contribution >= 4 is 18.0 Å². The summed E-state index contributed by atoms with van der Waals surface area (Å²) in [6.45, 7) is 0. The highest BCUT2D eigenvalue weighted by atomic mass is 15.1. The van der Waals surface area contributed by atoms with E-state index in [0.29, 0.717) is 0 Å². The van der Waals surface area contributed by atoms with Gasteiger partial charge in [0.1, 0.15) is 0 Å². The van der Waals surface area contributed by atoms with Gasteiger partial charge in [-0.15, -0.1) is 0 Å². The molecule has 1 unspecified atom stereocenters. The molecule has 3 N–H and O–H groups in total. The van der Waals surface area contributed by atoms with Crippen molar-refractivity contribution < 1.29 is 0 Å². The molecule has 3 nitrogen and oxygen atoms in total. The van der Waals surface area contributed by atoms with Gasteiger partial charge in [0, 0.05) is 5.69 Å². The number of hydrogen-bond acceptors (Lipinski definition) is 3. The van der Waals surface area contributed by atoms with Crippen molar-refractivity contribution in [2.75, 3.05) is 5.32 Å². The normalized spacial score (nSPS) is 19.8. The smallest absolute Gasteiger partial charge is 0.0821 e. The van der Waals surface area contributed by atoms with Crippen LogP contribution in [0, 0.1) is 0 Å². The minimum absolute atomic E-state index is 0.111. The third-order valence-electron chi connectivity index (χ3n) is 2.01. The maximum Gasteiger partial charge on any atom is 0.0821 e. The molecule has 0 aliphatic carbocycles. The number of hydrazone groups is 1. The van der Waals surface area contributed by atoms with E-state index in [9.17, 15) is 0 Å². The SMILES string of the molecule is N/N=C/C1C=Cc2ccccc2N1. The van der Waals surface area contributed by atoms with Gasteiger partial charge in [-0.2, -0.15) is 5.10 Å². The Kier molecular flexibility index (Phi) is 2.00. The molecule has 2 rings (SSSR count). The molecule has 13 heavy (non-hydrogen) atoms.